The summed E-state index contributed by atoms with van der Waals surface area (Å²) in [4.78, 5) is 21.2. The Labute approximate surface area is 142 Å². The van der Waals surface area contributed by atoms with Crippen LogP contribution in [0.2, 0.25) is 4.47 Å². The van der Waals surface area contributed by atoms with Crippen LogP contribution in [-0.2, 0) is 11.3 Å². The molecule has 3 aromatic rings. The number of esters is 1. The van der Waals surface area contributed by atoms with Crippen LogP contribution in [0.25, 0.3) is 10.9 Å². The Kier molecular flexibility index (Phi) is 4.73. The van der Waals surface area contributed by atoms with Gasteiger partial charge in [0.15, 0.2) is 4.47 Å². The number of halogens is 1. The zero-order valence-electron chi connectivity index (χ0n) is 12.4. The van der Waals surface area contributed by atoms with E-state index < -0.39 is 5.97 Å². The molecule has 0 aliphatic heterocycles. The summed E-state index contributed by atoms with van der Waals surface area (Å²) in [5.74, 6) is -0.410. The van der Waals surface area contributed by atoms with E-state index in [0.29, 0.717) is 23.3 Å². The Morgan fingerprint density at radius 1 is 1.35 bits per heavy atom. The van der Waals surface area contributed by atoms with Gasteiger partial charge in [-0.3, -0.25) is 0 Å². The second-order valence-corrected chi connectivity index (χ2v) is 6.42. The molecule has 0 aliphatic rings. The molecule has 0 bridgehead atoms. The van der Waals surface area contributed by atoms with Gasteiger partial charge in [-0.2, -0.15) is 0 Å². The first-order chi connectivity index (χ1) is 11.2. The molecule has 2 aromatic heterocycles. The largest absolute Gasteiger partial charge is 0.461 e. The molecule has 23 heavy (non-hydrogen) atoms. The maximum Gasteiger partial charge on any atom is 0.356 e. The first-order valence-electron chi connectivity index (χ1n) is 7.08. The number of fused-ring (bicyclic) bond motifs is 1. The highest BCUT2D eigenvalue weighted by atomic mass is 35.5. The van der Waals surface area contributed by atoms with Crippen LogP contribution in [0, 0.1) is 0 Å². The molecule has 118 valence electrons. The summed E-state index contributed by atoms with van der Waals surface area (Å²) in [7, 11) is 0. The Bertz CT molecular complexity index is 850. The minimum atomic E-state index is -0.410. The topological polar surface area (TPSA) is 64.1 Å². The number of rotatable bonds is 5. The number of hydrogen-bond acceptors (Lipinski definition) is 6. The number of ether oxygens (including phenoxy) is 1. The van der Waals surface area contributed by atoms with Crippen molar-refractivity contribution in [2.45, 2.75) is 13.5 Å². The Morgan fingerprint density at radius 2 is 2.22 bits per heavy atom. The molecule has 0 atom stereocenters. The maximum absolute atomic E-state index is 11.8. The fraction of sp³-hybridized carbons (Fsp3) is 0.188. The minimum absolute atomic E-state index is 0.311. The Hall–Kier alpha value is -2.18. The molecule has 0 fully saturated rings. The molecule has 1 aromatic carbocycles. The third-order valence-corrected chi connectivity index (χ3v) is 4.31. The van der Waals surface area contributed by atoms with E-state index in [9.17, 15) is 4.79 Å². The first-order valence-corrected chi connectivity index (χ1v) is 8.28. The van der Waals surface area contributed by atoms with Crippen molar-refractivity contribution in [3.05, 3.63) is 51.6 Å². The van der Waals surface area contributed by atoms with Crippen LogP contribution in [-0.4, -0.2) is 22.5 Å². The zero-order chi connectivity index (χ0) is 16.2. The Morgan fingerprint density at radius 3 is 2.96 bits per heavy atom. The highest BCUT2D eigenvalue weighted by Gasteiger charge is 2.10. The molecule has 7 heteroatoms. The number of anilines is 1. The van der Waals surface area contributed by atoms with E-state index in [1.807, 2.05) is 24.3 Å². The van der Waals surface area contributed by atoms with Crippen LogP contribution in [0.15, 0.2) is 36.5 Å². The molecule has 0 saturated carbocycles. The Balaban J connectivity index is 1.85. The van der Waals surface area contributed by atoms with Gasteiger partial charge in [-0.15, -0.1) is 11.3 Å². The predicted molar refractivity (Wildman–Crippen MR) is 92.2 cm³/mol. The molecule has 3 rings (SSSR count). The minimum Gasteiger partial charge on any atom is -0.461 e. The van der Waals surface area contributed by atoms with Crippen LogP contribution in [0.5, 0.6) is 0 Å². The van der Waals surface area contributed by atoms with E-state index in [1.165, 1.54) is 11.3 Å². The number of carbonyl (C=O) groups excluding carboxylic acids is 1. The monoisotopic (exact) mass is 347 g/mol. The van der Waals surface area contributed by atoms with Crippen molar-refractivity contribution >= 4 is 45.5 Å². The summed E-state index contributed by atoms with van der Waals surface area (Å²) in [6.45, 7) is 2.73. The van der Waals surface area contributed by atoms with E-state index in [-0.39, 0.29) is 0 Å². The molecule has 0 saturated heterocycles. The maximum atomic E-state index is 11.8. The standard InChI is InChI=1S/C16H14ClN3O2S/c1-2-22-15(21)14-7-6-11-12(4-3-5-13(11)20-14)18-8-10-9-19-16(17)23-10/h3-7,9,18H,2,8H2,1H3. The molecule has 1 N–H and O–H groups in total. The number of carbonyl (C=O) groups is 1. The van der Waals surface area contributed by atoms with Crippen molar-refractivity contribution in [1.82, 2.24) is 9.97 Å². The van der Waals surface area contributed by atoms with Gasteiger partial charge in [0.05, 0.1) is 18.7 Å². The van der Waals surface area contributed by atoms with Crippen LogP contribution in [0.3, 0.4) is 0 Å². The lowest BCUT2D eigenvalue weighted by atomic mass is 10.1. The number of benzene rings is 1. The molecule has 0 radical (unpaired) electrons. The van der Waals surface area contributed by atoms with Gasteiger partial charge in [-0.05, 0) is 31.2 Å². The number of thiazole rings is 1. The number of pyridine rings is 1. The average molecular weight is 348 g/mol. The van der Waals surface area contributed by atoms with Gasteiger partial charge >= 0.3 is 5.97 Å². The lowest BCUT2D eigenvalue weighted by Gasteiger charge is -2.09. The van der Waals surface area contributed by atoms with Crippen LogP contribution in [0.4, 0.5) is 5.69 Å². The normalized spacial score (nSPS) is 10.7. The SMILES string of the molecule is CCOC(=O)c1ccc2c(NCc3cnc(Cl)s3)cccc2n1. The van der Waals surface area contributed by atoms with Gasteiger partial charge in [0.2, 0.25) is 0 Å². The van der Waals surface area contributed by atoms with Gasteiger partial charge in [0.1, 0.15) is 5.69 Å². The molecule has 0 spiro atoms. The molecule has 5 nitrogen and oxygen atoms in total. The van der Waals surface area contributed by atoms with Crippen molar-refractivity contribution in [3.8, 4) is 0 Å². The summed E-state index contributed by atoms with van der Waals surface area (Å²) < 4.78 is 5.51. The van der Waals surface area contributed by atoms with E-state index in [0.717, 1.165) is 21.5 Å². The summed E-state index contributed by atoms with van der Waals surface area (Å²) in [6.07, 6.45) is 1.75. The number of aromatic nitrogens is 2. The third kappa shape index (κ3) is 3.60. The van der Waals surface area contributed by atoms with Gasteiger partial charge in [-0.25, -0.2) is 14.8 Å². The molecule has 0 unspecified atom stereocenters. The highest BCUT2D eigenvalue weighted by Crippen LogP contribution is 2.24. The van der Waals surface area contributed by atoms with Crippen molar-refractivity contribution < 1.29 is 9.53 Å². The van der Waals surface area contributed by atoms with Crippen molar-refractivity contribution in [3.63, 3.8) is 0 Å². The highest BCUT2D eigenvalue weighted by molar-refractivity contribution is 7.15. The first kappa shape index (κ1) is 15.7. The van der Waals surface area contributed by atoms with Crippen LogP contribution < -0.4 is 5.32 Å². The summed E-state index contributed by atoms with van der Waals surface area (Å²) >= 11 is 7.28. The molecule has 0 amide bonds. The fourth-order valence-corrected chi connectivity index (χ4v) is 3.09. The van der Waals surface area contributed by atoms with E-state index in [1.54, 1.807) is 19.2 Å². The van der Waals surface area contributed by atoms with Crippen LogP contribution in [0.1, 0.15) is 22.3 Å². The quantitative estimate of drug-likeness (QED) is 0.703. The smallest absolute Gasteiger partial charge is 0.356 e. The third-order valence-electron chi connectivity index (χ3n) is 3.19. The second-order valence-electron chi connectivity index (χ2n) is 4.72. The van der Waals surface area contributed by atoms with Gasteiger partial charge in [-0.1, -0.05) is 17.7 Å². The van der Waals surface area contributed by atoms with E-state index in [2.05, 4.69) is 15.3 Å². The van der Waals surface area contributed by atoms with E-state index in [4.69, 9.17) is 16.3 Å². The lowest BCUT2D eigenvalue weighted by molar-refractivity contribution is 0.0520. The zero-order valence-corrected chi connectivity index (χ0v) is 13.9. The van der Waals surface area contributed by atoms with Gasteiger partial charge < -0.3 is 10.1 Å². The number of hydrogen-bond donors (Lipinski definition) is 1. The summed E-state index contributed by atoms with van der Waals surface area (Å²) in [5.41, 5.74) is 1.99. The van der Waals surface area contributed by atoms with Crippen molar-refractivity contribution in [1.29, 1.82) is 0 Å². The van der Waals surface area contributed by atoms with Crippen molar-refractivity contribution in [2.75, 3.05) is 11.9 Å². The van der Waals surface area contributed by atoms with Crippen LogP contribution >= 0.6 is 22.9 Å². The average Bonchev–Trinajstić information content (AvgIpc) is 2.98. The molecule has 0 aliphatic carbocycles. The number of nitrogens with zero attached hydrogens (tertiary/aromatic N) is 2. The van der Waals surface area contributed by atoms with Crippen molar-refractivity contribution in [2.24, 2.45) is 0 Å². The fourth-order valence-electron chi connectivity index (χ4n) is 2.18. The number of nitrogens with one attached hydrogen (secondary N) is 1. The van der Waals surface area contributed by atoms with E-state index >= 15 is 0 Å². The summed E-state index contributed by atoms with van der Waals surface area (Å²) in [5, 5.41) is 4.29. The second kappa shape index (κ2) is 6.93. The predicted octanol–water partition coefficient (Wildman–Crippen LogP) is 4.13. The molecular formula is C16H14ClN3O2S. The molecular weight excluding hydrogens is 334 g/mol. The van der Waals surface area contributed by atoms with Gasteiger partial charge in [0, 0.05) is 22.1 Å². The molecule has 2 heterocycles. The lowest BCUT2D eigenvalue weighted by Crippen LogP contribution is -2.07. The summed E-state index contributed by atoms with van der Waals surface area (Å²) in [6, 6.07) is 9.28. The van der Waals surface area contributed by atoms with Gasteiger partial charge in [0.25, 0.3) is 0 Å².